The Morgan fingerprint density at radius 2 is 2.60 bits per heavy atom. The van der Waals surface area contributed by atoms with Gasteiger partial charge in [0.05, 0.1) is 10.7 Å². The summed E-state index contributed by atoms with van der Waals surface area (Å²) in [4.78, 5) is 0. The molecule has 10 heavy (non-hydrogen) atoms. The highest BCUT2D eigenvalue weighted by Crippen LogP contribution is 2.16. The van der Waals surface area contributed by atoms with Gasteiger partial charge in [-0.15, -0.1) is 0 Å². The third-order valence-electron chi connectivity index (χ3n) is 1.04. The number of H-pyrrole nitrogens is 1. The van der Waals surface area contributed by atoms with Crippen LogP contribution >= 0.6 is 15.9 Å². The second-order valence-electron chi connectivity index (χ2n) is 1.81. The van der Waals surface area contributed by atoms with Crippen molar-refractivity contribution in [2.45, 2.75) is 0 Å². The highest BCUT2D eigenvalue weighted by molar-refractivity contribution is 9.10. The zero-order valence-electron chi connectivity index (χ0n) is 5.39. The Bertz CT molecular complexity index is 197. The molecule has 0 aromatic carbocycles. The predicted molar refractivity (Wildman–Crippen MR) is 43.8 cm³/mol. The van der Waals surface area contributed by atoms with E-state index in [-0.39, 0.29) is 0 Å². The van der Waals surface area contributed by atoms with Crippen LogP contribution in [0.1, 0.15) is 0 Å². The van der Waals surface area contributed by atoms with E-state index in [1.807, 2.05) is 0 Å². The monoisotopic (exact) mass is 204 g/mol. The van der Waals surface area contributed by atoms with Crippen LogP contribution in [0.4, 0.5) is 5.82 Å². The van der Waals surface area contributed by atoms with Crippen LogP contribution in [0.25, 0.3) is 0 Å². The fraction of sp³-hybridized carbons (Fsp3) is 0.400. The van der Waals surface area contributed by atoms with E-state index in [1.54, 1.807) is 6.20 Å². The van der Waals surface area contributed by atoms with Crippen LogP contribution in [0.5, 0.6) is 0 Å². The Labute approximate surface area is 67.3 Å². The van der Waals surface area contributed by atoms with Gasteiger partial charge in [0.25, 0.3) is 0 Å². The second-order valence-corrected chi connectivity index (χ2v) is 2.66. The molecule has 0 atom stereocenters. The largest absolute Gasteiger partial charge is 0.368 e. The van der Waals surface area contributed by atoms with Crippen molar-refractivity contribution < 1.29 is 0 Å². The number of aromatic nitrogens is 2. The van der Waals surface area contributed by atoms with Crippen molar-refractivity contribution in [3.05, 3.63) is 10.7 Å². The van der Waals surface area contributed by atoms with Gasteiger partial charge in [-0.2, -0.15) is 5.10 Å². The quantitative estimate of drug-likeness (QED) is 0.674. The molecule has 0 spiro atoms. The van der Waals surface area contributed by atoms with Crippen LogP contribution in [0, 0.1) is 0 Å². The lowest BCUT2D eigenvalue weighted by Gasteiger charge is -1.99. The van der Waals surface area contributed by atoms with Crippen molar-refractivity contribution in [3.8, 4) is 0 Å². The average Bonchev–Trinajstić information content (AvgIpc) is 2.31. The zero-order chi connectivity index (χ0) is 7.40. The van der Waals surface area contributed by atoms with Crippen molar-refractivity contribution in [1.29, 1.82) is 0 Å². The standard InChI is InChI=1S/C5H9BrN4/c6-4-3-9-10-5(4)8-2-1-7/h3H,1-2,7H2,(H2,8,9,10). The summed E-state index contributed by atoms with van der Waals surface area (Å²) in [5, 5.41) is 9.63. The molecule has 0 unspecified atom stereocenters. The van der Waals surface area contributed by atoms with Crippen molar-refractivity contribution >= 4 is 21.7 Å². The summed E-state index contributed by atoms with van der Waals surface area (Å²) in [6.07, 6.45) is 1.69. The van der Waals surface area contributed by atoms with Crippen molar-refractivity contribution in [2.75, 3.05) is 18.4 Å². The number of rotatable bonds is 3. The van der Waals surface area contributed by atoms with Crippen LogP contribution in [-0.2, 0) is 0 Å². The average molecular weight is 205 g/mol. The lowest BCUT2D eigenvalue weighted by molar-refractivity contribution is 0.996. The van der Waals surface area contributed by atoms with Gasteiger partial charge in [-0.1, -0.05) is 0 Å². The first-order valence-corrected chi connectivity index (χ1v) is 3.76. The fourth-order valence-electron chi connectivity index (χ4n) is 0.593. The SMILES string of the molecule is NCCNc1[nH]ncc1Br. The molecule has 0 amide bonds. The summed E-state index contributed by atoms with van der Waals surface area (Å²) < 4.78 is 0.931. The van der Waals surface area contributed by atoms with Gasteiger partial charge in [0.15, 0.2) is 0 Å². The van der Waals surface area contributed by atoms with Gasteiger partial charge in [0.2, 0.25) is 0 Å². The van der Waals surface area contributed by atoms with Gasteiger partial charge >= 0.3 is 0 Å². The summed E-state index contributed by atoms with van der Waals surface area (Å²) >= 11 is 3.30. The molecule has 0 saturated heterocycles. The molecule has 5 heteroatoms. The van der Waals surface area contributed by atoms with Crippen LogP contribution in [0.15, 0.2) is 10.7 Å². The van der Waals surface area contributed by atoms with Gasteiger partial charge in [-0.05, 0) is 15.9 Å². The summed E-state index contributed by atoms with van der Waals surface area (Å²) in [5.74, 6) is 0.880. The molecule has 0 radical (unpaired) electrons. The maximum absolute atomic E-state index is 5.28. The van der Waals surface area contributed by atoms with Gasteiger partial charge in [-0.25, -0.2) is 0 Å². The van der Waals surface area contributed by atoms with Crippen molar-refractivity contribution in [1.82, 2.24) is 10.2 Å². The molecule has 4 N–H and O–H groups in total. The van der Waals surface area contributed by atoms with Crippen LogP contribution in [0.3, 0.4) is 0 Å². The van der Waals surface area contributed by atoms with Crippen molar-refractivity contribution in [2.24, 2.45) is 5.73 Å². The molecule has 1 heterocycles. The number of hydrogen-bond acceptors (Lipinski definition) is 3. The number of aromatic amines is 1. The second kappa shape index (κ2) is 3.58. The molecule has 1 aromatic rings. The smallest absolute Gasteiger partial charge is 0.136 e. The Hall–Kier alpha value is -0.550. The van der Waals surface area contributed by atoms with E-state index >= 15 is 0 Å². The lowest BCUT2D eigenvalue weighted by Crippen LogP contribution is -2.13. The molecule has 0 aliphatic rings. The van der Waals surface area contributed by atoms with E-state index in [0.717, 1.165) is 16.8 Å². The third-order valence-corrected chi connectivity index (χ3v) is 1.64. The van der Waals surface area contributed by atoms with E-state index in [9.17, 15) is 0 Å². The first-order chi connectivity index (χ1) is 4.84. The van der Waals surface area contributed by atoms with Gasteiger partial charge in [0, 0.05) is 13.1 Å². The number of halogens is 1. The highest BCUT2D eigenvalue weighted by atomic mass is 79.9. The predicted octanol–water partition coefficient (Wildman–Crippen LogP) is 0.543. The fourth-order valence-corrected chi connectivity index (χ4v) is 0.924. The Balaban J connectivity index is 2.49. The Morgan fingerprint density at radius 1 is 1.80 bits per heavy atom. The number of nitrogens with two attached hydrogens (primary N) is 1. The Kier molecular flexibility index (Phi) is 2.70. The first kappa shape index (κ1) is 7.56. The van der Waals surface area contributed by atoms with Crippen molar-refractivity contribution in [3.63, 3.8) is 0 Å². The third kappa shape index (κ3) is 1.71. The van der Waals surface area contributed by atoms with E-state index in [0.29, 0.717) is 6.54 Å². The Morgan fingerprint density at radius 3 is 3.10 bits per heavy atom. The zero-order valence-corrected chi connectivity index (χ0v) is 6.98. The van der Waals surface area contributed by atoms with E-state index in [1.165, 1.54) is 0 Å². The summed E-state index contributed by atoms with van der Waals surface area (Å²) in [6, 6.07) is 0. The molecule has 0 bridgehead atoms. The molecule has 0 saturated carbocycles. The van der Waals surface area contributed by atoms with Gasteiger partial charge in [0.1, 0.15) is 5.82 Å². The molecular formula is C5H9BrN4. The van der Waals surface area contributed by atoms with E-state index < -0.39 is 0 Å². The summed E-state index contributed by atoms with van der Waals surface area (Å²) in [5.41, 5.74) is 5.28. The van der Waals surface area contributed by atoms with Crippen LogP contribution in [0.2, 0.25) is 0 Å². The number of nitrogens with one attached hydrogen (secondary N) is 2. The number of hydrogen-bond donors (Lipinski definition) is 3. The molecule has 0 aliphatic carbocycles. The molecule has 56 valence electrons. The van der Waals surface area contributed by atoms with E-state index in [4.69, 9.17) is 5.73 Å². The minimum atomic E-state index is 0.617. The molecule has 1 rings (SSSR count). The maximum Gasteiger partial charge on any atom is 0.136 e. The normalized spacial score (nSPS) is 9.80. The lowest BCUT2D eigenvalue weighted by atomic mass is 10.6. The summed E-state index contributed by atoms with van der Waals surface area (Å²) in [6.45, 7) is 1.37. The molecular weight excluding hydrogens is 196 g/mol. The number of nitrogens with zero attached hydrogens (tertiary/aromatic N) is 1. The van der Waals surface area contributed by atoms with Crippen LogP contribution < -0.4 is 11.1 Å². The minimum absolute atomic E-state index is 0.617. The molecule has 0 fully saturated rings. The number of anilines is 1. The molecule has 0 aliphatic heterocycles. The molecule has 4 nitrogen and oxygen atoms in total. The first-order valence-electron chi connectivity index (χ1n) is 2.97. The minimum Gasteiger partial charge on any atom is -0.368 e. The van der Waals surface area contributed by atoms with E-state index in [2.05, 4.69) is 31.4 Å². The topological polar surface area (TPSA) is 66.7 Å². The molecule has 1 aromatic heterocycles. The highest BCUT2D eigenvalue weighted by Gasteiger charge is 1.97. The maximum atomic E-state index is 5.28. The van der Waals surface area contributed by atoms with Crippen LogP contribution in [-0.4, -0.2) is 23.3 Å². The summed E-state index contributed by atoms with van der Waals surface area (Å²) in [7, 11) is 0. The van der Waals surface area contributed by atoms with Gasteiger partial charge < -0.3 is 11.1 Å². The van der Waals surface area contributed by atoms with Gasteiger partial charge in [-0.3, -0.25) is 5.10 Å².